The van der Waals surface area contributed by atoms with Crippen molar-refractivity contribution in [3.63, 3.8) is 0 Å². The topological polar surface area (TPSA) is 20.2 Å². The normalized spacial score (nSPS) is 26.5. The highest BCUT2D eigenvalue weighted by atomic mass is 16.3. The summed E-state index contributed by atoms with van der Waals surface area (Å²) < 4.78 is 0. The smallest absolute Gasteiger partial charge is 0.0639 e. The second kappa shape index (κ2) is 4.31. The summed E-state index contributed by atoms with van der Waals surface area (Å²) in [5.74, 6) is 0.712. The fourth-order valence-electron chi connectivity index (χ4n) is 2.00. The Morgan fingerprint density at radius 1 is 1.64 bits per heavy atom. The lowest BCUT2D eigenvalue weighted by Crippen LogP contribution is -2.19. The first-order valence-electron chi connectivity index (χ1n) is 5.42. The van der Waals surface area contributed by atoms with E-state index >= 15 is 0 Å². The van der Waals surface area contributed by atoms with E-state index in [1.807, 2.05) is 6.92 Å². The zero-order valence-electron chi connectivity index (χ0n) is 9.80. The van der Waals surface area contributed by atoms with Crippen molar-refractivity contribution < 1.29 is 5.11 Å². The number of aliphatic hydroxyl groups is 1. The van der Waals surface area contributed by atoms with Crippen LogP contribution in [0.15, 0.2) is 23.3 Å². The van der Waals surface area contributed by atoms with Crippen molar-refractivity contribution in [1.29, 1.82) is 0 Å². The standard InChI is InChI=1S/C13H22O/c1-10(9-14)5-7-12-8-6-11(2)13(12,3)4/h5-6,12,14H,7-9H2,1-4H3/b10-5-. The van der Waals surface area contributed by atoms with Crippen LogP contribution in [-0.2, 0) is 0 Å². The van der Waals surface area contributed by atoms with Crippen LogP contribution in [0.2, 0.25) is 0 Å². The molecule has 0 aliphatic heterocycles. The molecule has 0 aromatic heterocycles. The van der Waals surface area contributed by atoms with Crippen LogP contribution in [0.1, 0.15) is 40.5 Å². The van der Waals surface area contributed by atoms with Crippen LogP contribution in [0.25, 0.3) is 0 Å². The van der Waals surface area contributed by atoms with Gasteiger partial charge in [0.1, 0.15) is 0 Å². The molecule has 0 spiro atoms. The second-order valence-corrected chi connectivity index (χ2v) is 4.99. The first-order valence-corrected chi connectivity index (χ1v) is 5.42. The maximum Gasteiger partial charge on any atom is 0.0639 e. The van der Waals surface area contributed by atoms with E-state index in [0.29, 0.717) is 11.3 Å². The average Bonchev–Trinajstić information content (AvgIpc) is 2.39. The number of allylic oxidation sites excluding steroid dienone is 3. The van der Waals surface area contributed by atoms with Crippen molar-refractivity contribution >= 4 is 0 Å². The number of hydrogen-bond acceptors (Lipinski definition) is 1. The Labute approximate surface area is 87.5 Å². The fraction of sp³-hybridized carbons (Fsp3) is 0.692. The van der Waals surface area contributed by atoms with Gasteiger partial charge in [0.15, 0.2) is 0 Å². The van der Waals surface area contributed by atoms with Gasteiger partial charge in [0.2, 0.25) is 0 Å². The molecule has 0 heterocycles. The molecule has 1 atom stereocenters. The molecule has 14 heavy (non-hydrogen) atoms. The van der Waals surface area contributed by atoms with Crippen molar-refractivity contribution in [2.45, 2.75) is 40.5 Å². The predicted molar refractivity (Wildman–Crippen MR) is 61.1 cm³/mol. The van der Waals surface area contributed by atoms with Gasteiger partial charge in [-0.25, -0.2) is 0 Å². The molecule has 0 fully saturated rings. The lowest BCUT2D eigenvalue weighted by molar-refractivity contribution is 0.292. The molecule has 0 aromatic rings. The van der Waals surface area contributed by atoms with Crippen molar-refractivity contribution in [3.05, 3.63) is 23.3 Å². The molecule has 0 aromatic carbocycles. The molecule has 1 heteroatoms. The number of rotatable bonds is 3. The average molecular weight is 194 g/mol. The van der Waals surface area contributed by atoms with Gasteiger partial charge >= 0.3 is 0 Å². The lowest BCUT2D eigenvalue weighted by Gasteiger charge is -2.29. The monoisotopic (exact) mass is 194 g/mol. The van der Waals surface area contributed by atoms with Gasteiger partial charge < -0.3 is 5.11 Å². The molecule has 1 unspecified atom stereocenters. The van der Waals surface area contributed by atoms with E-state index in [1.165, 1.54) is 12.0 Å². The molecule has 1 nitrogen and oxygen atoms in total. The third-order valence-corrected chi connectivity index (χ3v) is 3.75. The minimum absolute atomic E-state index is 0.194. The Bertz CT molecular complexity index is 258. The Morgan fingerprint density at radius 2 is 2.29 bits per heavy atom. The van der Waals surface area contributed by atoms with Crippen molar-refractivity contribution in [1.82, 2.24) is 0 Å². The summed E-state index contributed by atoms with van der Waals surface area (Å²) in [5, 5.41) is 8.91. The van der Waals surface area contributed by atoms with Gasteiger partial charge in [0.25, 0.3) is 0 Å². The zero-order valence-corrected chi connectivity index (χ0v) is 9.80. The van der Waals surface area contributed by atoms with Crippen LogP contribution in [0.4, 0.5) is 0 Å². The third kappa shape index (κ3) is 2.27. The summed E-state index contributed by atoms with van der Waals surface area (Å²) in [6, 6.07) is 0. The molecule has 1 N–H and O–H groups in total. The predicted octanol–water partition coefficient (Wildman–Crippen LogP) is 3.31. The van der Waals surface area contributed by atoms with E-state index in [4.69, 9.17) is 5.11 Å². The van der Waals surface area contributed by atoms with Gasteiger partial charge in [-0.3, -0.25) is 0 Å². The van der Waals surface area contributed by atoms with Crippen LogP contribution >= 0.6 is 0 Å². The maximum atomic E-state index is 8.91. The highest BCUT2D eigenvalue weighted by molar-refractivity contribution is 5.19. The van der Waals surface area contributed by atoms with E-state index in [9.17, 15) is 0 Å². The van der Waals surface area contributed by atoms with Gasteiger partial charge in [-0.1, -0.05) is 37.1 Å². The summed E-state index contributed by atoms with van der Waals surface area (Å²) >= 11 is 0. The molecule has 0 saturated heterocycles. The van der Waals surface area contributed by atoms with Crippen LogP contribution in [-0.4, -0.2) is 11.7 Å². The molecule has 80 valence electrons. The molecule has 0 amide bonds. The van der Waals surface area contributed by atoms with Gasteiger partial charge in [-0.2, -0.15) is 0 Å². The van der Waals surface area contributed by atoms with Gasteiger partial charge in [-0.15, -0.1) is 0 Å². The van der Waals surface area contributed by atoms with Crippen LogP contribution < -0.4 is 0 Å². The fourth-order valence-corrected chi connectivity index (χ4v) is 2.00. The van der Waals surface area contributed by atoms with Crippen LogP contribution in [0, 0.1) is 11.3 Å². The van der Waals surface area contributed by atoms with E-state index in [-0.39, 0.29) is 6.61 Å². The molecule has 1 aliphatic carbocycles. The first kappa shape index (κ1) is 11.5. The Hall–Kier alpha value is -0.560. The molecular weight excluding hydrogens is 172 g/mol. The van der Waals surface area contributed by atoms with Crippen LogP contribution in [0.3, 0.4) is 0 Å². The quantitative estimate of drug-likeness (QED) is 0.683. The molecule has 1 rings (SSSR count). The highest BCUT2D eigenvalue weighted by Crippen LogP contribution is 2.44. The Morgan fingerprint density at radius 3 is 2.71 bits per heavy atom. The number of aliphatic hydroxyl groups excluding tert-OH is 1. The SMILES string of the molecule is CC1=CCC(C/C=C(/C)CO)C1(C)C. The number of hydrogen-bond donors (Lipinski definition) is 1. The minimum Gasteiger partial charge on any atom is -0.392 e. The summed E-state index contributed by atoms with van der Waals surface area (Å²) in [7, 11) is 0. The van der Waals surface area contributed by atoms with Crippen LogP contribution in [0.5, 0.6) is 0 Å². The Balaban J connectivity index is 2.58. The van der Waals surface area contributed by atoms with Gasteiger partial charge in [0, 0.05) is 0 Å². The summed E-state index contributed by atoms with van der Waals surface area (Å²) in [5.41, 5.74) is 2.94. The van der Waals surface area contributed by atoms with Gasteiger partial charge in [-0.05, 0) is 38.0 Å². The molecule has 1 aliphatic rings. The summed E-state index contributed by atoms with van der Waals surface area (Å²) in [6.45, 7) is 9.04. The van der Waals surface area contributed by atoms with Gasteiger partial charge in [0.05, 0.1) is 6.61 Å². The van der Waals surface area contributed by atoms with E-state index in [0.717, 1.165) is 12.0 Å². The zero-order chi connectivity index (χ0) is 10.8. The van der Waals surface area contributed by atoms with E-state index < -0.39 is 0 Å². The molecule has 0 radical (unpaired) electrons. The van der Waals surface area contributed by atoms with Crippen molar-refractivity contribution in [2.24, 2.45) is 11.3 Å². The molecule has 0 saturated carbocycles. The Kier molecular flexibility index (Phi) is 3.54. The minimum atomic E-state index is 0.194. The second-order valence-electron chi connectivity index (χ2n) is 4.99. The summed E-state index contributed by atoms with van der Waals surface area (Å²) in [6.07, 6.45) is 6.81. The molecular formula is C13H22O. The third-order valence-electron chi connectivity index (χ3n) is 3.75. The lowest BCUT2D eigenvalue weighted by atomic mass is 9.76. The van der Waals surface area contributed by atoms with Crippen molar-refractivity contribution in [3.8, 4) is 0 Å². The first-order chi connectivity index (χ1) is 6.48. The maximum absolute atomic E-state index is 8.91. The van der Waals surface area contributed by atoms with E-state index in [2.05, 4.69) is 32.9 Å². The summed E-state index contributed by atoms with van der Waals surface area (Å²) in [4.78, 5) is 0. The largest absolute Gasteiger partial charge is 0.392 e. The van der Waals surface area contributed by atoms with Crippen molar-refractivity contribution in [2.75, 3.05) is 6.61 Å². The highest BCUT2D eigenvalue weighted by Gasteiger charge is 2.33. The van der Waals surface area contributed by atoms with E-state index in [1.54, 1.807) is 0 Å². The molecule has 0 bridgehead atoms.